The lowest BCUT2D eigenvalue weighted by Gasteiger charge is -2.16. The minimum atomic E-state index is -1.80. The van der Waals surface area contributed by atoms with Crippen molar-refractivity contribution in [1.82, 2.24) is 10.6 Å². The summed E-state index contributed by atoms with van der Waals surface area (Å²) in [5.41, 5.74) is 1.37. The van der Waals surface area contributed by atoms with Gasteiger partial charge in [0.05, 0.1) is 12.2 Å². The largest absolute Gasteiger partial charge is 0.475 e. The zero-order valence-electron chi connectivity index (χ0n) is 11.4. The second-order valence-electron chi connectivity index (χ2n) is 4.53. The van der Waals surface area contributed by atoms with Crippen molar-refractivity contribution in [2.45, 2.75) is 12.4 Å². The highest BCUT2D eigenvalue weighted by atomic mass is 16.4. The van der Waals surface area contributed by atoms with Gasteiger partial charge in [-0.2, -0.15) is 0 Å². The molecule has 1 heterocycles. The second-order valence-corrected chi connectivity index (χ2v) is 4.53. The van der Waals surface area contributed by atoms with Crippen molar-refractivity contribution in [3.63, 3.8) is 0 Å². The predicted octanol–water partition coefficient (Wildman–Crippen LogP) is -0.782. The molecule has 1 atom stereocenters. The van der Waals surface area contributed by atoms with Crippen LogP contribution in [-0.2, 0) is 16.0 Å². The number of benzene rings is 1. The summed E-state index contributed by atoms with van der Waals surface area (Å²) in [7, 11) is -0.483. The number of likely N-dealkylation sites (N-methyl/N-ethyl adjacent to an activating group) is 1. The number of fused-ring (bicyclic) bond motifs is 1. The van der Waals surface area contributed by atoms with Crippen molar-refractivity contribution in [3.8, 4) is 0 Å². The van der Waals surface area contributed by atoms with E-state index in [1.165, 1.54) is 13.3 Å². The minimum Gasteiger partial charge on any atom is -0.464 e. The molecule has 2 rings (SSSR count). The second kappa shape index (κ2) is 6.42. The minimum absolute atomic E-state index is 0.122. The quantitative estimate of drug-likeness (QED) is 0.436. The van der Waals surface area contributed by atoms with Crippen molar-refractivity contribution in [2.24, 2.45) is 0 Å². The molecule has 0 saturated heterocycles. The zero-order valence-corrected chi connectivity index (χ0v) is 11.4. The fourth-order valence-corrected chi connectivity index (χ4v) is 2.01. The molecule has 2 amide bonds. The Morgan fingerprint density at radius 3 is 2.67 bits per heavy atom. The molecule has 7 nitrogen and oxygen atoms in total. The Balaban J connectivity index is 2.16. The molecule has 0 aliphatic rings. The molecular formula is C13H15BN2O5. The first-order valence-corrected chi connectivity index (χ1v) is 6.36. The molecular weight excluding hydrogens is 275 g/mol. The highest BCUT2D eigenvalue weighted by Gasteiger charge is 2.28. The summed E-state index contributed by atoms with van der Waals surface area (Å²) in [5, 5.41) is 24.0. The molecule has 0 saturated carbocycles. The summed E-state index contributed by atoms with van der Waals surface area (Å²) in [6.45, 7) is 0. The van der Waals surface area contributed by atoms with Crippen LogP contribution in [0.3, 0.4) is 0 Å². The lowest BCUT2D eigenvalue weighted by Crippen LogP contribution is -2.51. The molecule has 4 N–H and O–H groups in total. The van der Waals surface area contributed by atoms with Crippen LogP contribution in [0.2, 0.25) is 0 Å². The van der Waals surface area contributed by atoms with E-state index in [0.717, 1.165) is 5.39 Å². The fraction of sp³-hybridized carbons (Fsp3) is 0.231. The van der Waals surface area contributed by atoms with Gasteiger partial charge in [-0.05, 0) is 18.1 Å². The molecule has 110 valence electrons. The van der Waals surface area contributed by atoms with Crippen molar-refractivity contribution in [1.29, 1.82) is 0 Å². The Morgan fingerprint density at radius 1 is 1.29 bits per heavy atom. The van der Waals surface area contributed by atoms with Crippen molar-refractivity contribution >= 4 is 29.9 Å². The first kappa shape index (κ1) is 15.1. The van der Waals surface area contributed by atoms with Gasteiger partial charge in [0, 0.05) is 12.4 Å². The Morgan fingerprint density at radius 2 is 2.00 bits per heavy atom. The Labute approximate surface area is 121 Å². The van der Waals surface area contributed by atoms with Crippen molar-refractivity contribution in [3.05, 3.63) is 36.1 Å². The Bertz CT molecular complexity index is 655. The predicted molar refractivity (Wildman–Crippen MR) is 76.1 cm³/mol. The van der Waals surface area contributed by atoms with Crippen LogP contribution < -0.4 is 10.6 Å². The van der Waals surface area contributed by atoms with E-state index in [1.807, 2.05) is 18.2 Å². The summed E-state index contributed by atoms with van der Waals surface area (Å²) < 4.78 is 5.35. The maximum Gasteiger partial charge on any atom is 0.475 e. The fourth-order valence-electron chi connectivity index (χ4n) is 2.01. The molecule has 0 aliphatic carbocycles. The number of hydrogen-bond acceptors (Lipinski definition) is 5. The lowest BCUT2D eigenvalue weighted by molar-refractivity contribution is -0.139. The molecule has 1 aromatic carbocycles. The number of para-hydroxylation sites is 1. The maximum absolute atomic E-state index is 11.5. The standard InChI is InChI=1S/C13H15BN2O5/c1-15-12(17)13(18)16-11(14(19)20)6-8-7-21-10-5-3-2-4-9(8)10/h2-5,7,11,19-20H,6H2,1H3,(H,15,17)(H,16,18)/t11-/m0/s1. The molecule has 0 aliphatic heterocycles. The molecule has 0 radical (unpaired) electrons. The average molecular weight is 290 g/mol. The number of furan rings is 1. The summed E-state index contributed by atoms with van der Waals surface area (Å²) in [4.78, 5) is 22.7. The summed E-state index contributed by atoms with van der Waals surface area (Å²) in [5.74, 6) is -2.79. The van der Waals surface area contributed by atoms with Gasteiger partial charge in [0.2, 0.25) is 0 Å². The molecule has 1 aromatic heterocycles. The molecule has 0 fully saturated rings. The SMILES string of the molecule is CNC(=O)C(=O)N[C@@H](Cc1coc2ccccc12)B(O)O. The number of hydrogen-bond donors (Lipinski definition) is 4. The monoisotopic (exact) mass is 290 g/mol. The number of carbonyl (C=O) groups excluding carboxylic acids is 2. The van der Waals surface area contributed by atoms with Crippen LogP contribution in [0.25, 0.3) is 11.0 Å². The van der Waals surface area contributed by atoms with Gasteiger partial charge < -0.3 is 25.1 Å². The third-order valence-corrected chi connectivity index (χ3v) is 3.11. The molecule has 2 aromatic rings. The van der Waals surface area contributed by atoms with Gasteiger partial charge >= 0.3 is 18.9 Å². The van der Waals surface area contributed by atoms with Gasteiger partial charge in [-0.25, -0.2) is 0 Å². The van der Waals surface area contributed by atoms with Crippen molar-refractivity contribution in [2.75, 3.05) is 7.05 Å². The van der Waals surface area contributed by atoms with E-state index in [2.05, 4.69) is 10.6 Å². The normalized spacial score (nSPS) is 12.0. The van der Waals surface area contributed by atoms with Crippen molar-refractivity contribution < 1.29 is 24.1 Å². The van der Waals surface area contributed by atoms with E-state index in [0.29, 0.717) is 11.1 Å². The van der Waals surface area contributed by atoms with Crippen LogP contribution in [0.4, 0.5) is 0 Å². The number of carbonyl (C=O) groups is 2. The topological polar surface area (TPSA) is 112 Å². The summed E-state index contributed by atoms with van der Waals surface area (Å²) in [6.07, 6.45) is 1.61. The van der Waals surface area contributed by atoms with Crippen LogP contribution in [0, 0.1) is 0 Å². The van der Waals surface area contributed by atoms with E-state index in [-0.39, 0.29) is 6.42 Å². The molecule has 8 heteroatoms. The lowest BCUT2D eigenvalue weighted by atomic mass is 9.76. The average Bonchev–Trinajstić information content (AvgIpc) is 2.88. The summed E-state index contributed by atoms with van der Waals surface area (Å²) in [6, 6.07) is 7.26. The van der Waals surface area contributed by atoms with E-state index < -0.39 is 24.9 Å². The van der Waals surface area contributed by atoms with Crippen LogP contribution >= 0.6 is 0 Å². The number of nitrogens with one attached hydrogen (secondary N) is 2. The summed E-state index contributed by atoms with van der Waals surface area (Å²) >= 11 is 0. The third kappa shape index (κ3) is 3.42. The Kier molecular flexibility index (Phi) is 4.61. The molecule has 0 spiro atoms. The molecule has 0 unspecified atom stereocenters. The smallest absolute Gasteiger partial charge is 0.464 e. The number of amides is 2. The Hall–Kier alpha value is -2.32. The van der Waals surface area contributed by atoms with Crippen LogP contribution in [0.1, 0.15) is 5.56 Å². The van der Waals surface area contributed by atoms with Gasteiger partial charge in [0.1, 0.15) is 5.58 Å². The van der Waals surface area contributed by atoms with Gasteiger partial charge in [-0.3, -0.25) is 9.59 Å². The maximum atomic E-state index is 11.5. The van der Waals surface area contributed by atoms with Gasteiger partial charge in [-0.1, -0.05) is 18.2 Å². The van der Waals surface area contributed by atoms with Gasteiger partial charge in [0.25, 0.3) is 0 Å². The van der Waals surface area contributed by atoms with Crippen LogP contribution in [-0.4, -0.2) is 42.0 Å². The highest BCUT2D eigenvalue weighted by Crippen LogP contribution is 2.22. The highest BCUT2D eigenvalue weighted by molar-refractivity contribution is 6.45. The van der Waals surface area contributed by atoms with Crippen LogP contribution in [0.5, 0.6) is 0 Å². The van der Waals surface area contributed by atoms with E-state index >= 15 is 0 Å². The van der Waals surface area contributed by atoms with E-state index in [9.17, 15) is 19.6 Å². The van der Waals surface area contributed by atoms with Gasteiger partial charge in [-0.15, -0.1) is 0 Å². The third-order valence-electron chi connectivity index (χ3n) is 3.11. The zero-order chi connectivity index (χ0) is 15.4. The first-order chi connectivity index (χ1) is 10.0. The first-order valence-electron chi connectivity index (χ1n) is 6.36. The van der Waals surface area contributed by atoms with E-state index in [1.54, 1.807) is 6.07 Å². The molecule has 21 heavy (non-hydrogen) atoms. The van der Waals surface area contributed by atoms with Gasteiger partial charge in [0.15, 0.2) is 0 Å². The molecule has 0 bridgehead atoms. The number of rotatable bonds is 4. The van der Waals surface area contributed by atoms with Crippen LogP contribution in [0.15, 0.2) is 34.9 Å². The van der Waals surface area contributed by atoms with E-state index in [4.69, 9.17) is 4.42 Å².